The van der Waals surface area contributed by atoms with Crippen LogP contribution in [0.15, 0.2) is 12.7 Å². The molecule has 9 heavy (non-hydrogen) atoms. The highest BCUT2D eigenvalue weighted by Gasteiger charge is 2.17. The van der Waals surface area contributed by atoms with Gasteiger partial charge >= 0.3 is 0 Å². The van der Waals surface area contributed by atoms with Gasteiger partial charge in [0.15, 0.2) is 0 Å². The molecule has 0 aliphatic heterocycles. The second-order valence-corrected chi connectivity index (χ2v) is 2.26. The predicted octanol–water partition coefficient (Wildman–Crippen LogP) is 0.662. The summed E-state index contributed by atoms with van der Waals surface area (Å²) in [7, 11) is 0. The van der Waals surface area contributed by atoms with Gasteiger partial charge in [-0.15, -0.1) is 6.58 Å². The Morgan fingerprint density at radius 1 is 1.78 bits per heavy atom. The van der Waals surface area contributed by atoms with Gasteiger partial charge in [0.1, 0.15) is 0 Å². The number of aliphatic hydroxyl groups is 1. The van der Waals surface area contributed by atoms with E-state index in [4.69, 9.17) is 5.73 Å². The summed E-state index contributed by atoms with van der Waals surface area (Å²) in [4.78, 5) is 0. The van der Waals surface area contributed by atoms with Gasteiger partial charge in [-0.2, -0.15) is 0 Å². The van der Waals surface area contributed by atoms with Crippen LogP contribution in [-0.4, -0.2) is 17.3 Å². The molecule has 0 fully saturated rings. The normalized spacial score (nSPS) is 16.8. The molecule has 0 aliphatic carbocycles. The van der Waals surface area contributed by atoms with Crippen molar-refractivity contribution in [2.24, 2.45) is 5.73 Å². The van der Waals surface area contributed by atoms with Gasteiger partial charge in [-0.05, 0) is 6.42 Å². The van der Waals surface area contributed by atoms with Crippen molar-refractivity contribution in [3.8, 4) is 0 Å². The summed E-state index contributed by atoms with van der Waals surface area (Å²) >= 11 is 0. The maximum atomic E-state index is 9.39. The van der Waals surface area contributed by atoms with Gasteiger partial charge in [0.25, 0.3) is 0 Å². The summed E-state index contributed by atoms with van der Waals surface area (Å²) in [6, 6.07) is 0. The topological polar surface area (TPSA) is 46.2 Å². The van der Waals surface area contributed by atoms with Crippen LogP contribution in [0.25, 0.3) is 0 Å². The molecule has 0 amide bonds. The summed E-state index contributed by atoms with van der Waals surface area (Å²) < 4.78 is 0. The second kappa shape index (κ2) is 3.64. The molecule has 2 heteroatoms. The fourth-order valence-electron chi connectivity index (χ4n) is 0.720. The molecule has 54 valence electrons. The second-order valence-electron chi connectivity index (χ2n) is 2.26. The maximum Gasteiger partial charge on any atom is 0.0946 e. The molecule has 1 atom stereocenters. The van der Waals surface area contributed by atoms with Crippen LogP contribution in [0.3, 0.4) is 0 Å². The first-order valence-corrected chi connectivity index (χ1v) is 3.24. The minimum atomic E-state index is -0.825. The first kappa shape index (κ1) is 8.66. The third-order valence-corrected chi connectivity index (χ3v) is 1.42. The van der Waals surface area contributed by atoms with Gasteiger partial charge < -0.3 is 10.8 Å². The molecule has 0 saturated heterocycles. The Hall–Kier alpha value is -0.340. The first-order chi connectivity index (χ1) is 4.18. The Balaban J connectivity index is 3.76. The van der Waals surface area contributed by atoms with Gasteiger partial charge in [0.2, 0.25) is 0 Å². The summed E-state index contributed by atoms with van der Waals surface area (Å²) in [5.41, 5.74) is 4.46. The van der Waals surface area contributed by atoms with Crippen molar-refractivity contribution >= 4 is 0 Å². The van der Waals surface area contributed by atoms with Crippen molar-refractivity contribution in [1.29, 1.82) is 0 Å². The summed E-state index contributed by atoms with van der Waals surface area (Å²) in [6.45, 7) is 5.76. The fourth-order valence-corrected chi connectivity index (χ4v) is 0.720. The van der Waals surface area contributed by atoms with Crippen molar-refractivity contribution in [2.45, 2.75) is 25.4 Å². The fraction of sp³-hybridized carbons (Fsp3) is 0.714. The molecule has 3 N–H and O–H groups in total. The van der Waals surface area contributed by atoms with Crippen LogP contribution in [0.5, 0.6) is 0 Å². The van der Waals surface area contributed by atoms with Crippen molar-refractivity contribution in [1.82, 2.24) is 0 Å². The highest BCUT2D eigenvalue weighted by atomic mass is 16.3. The van der Waals surface area contributed by atoms with E-state index >= 15 is 0 Å². The predicted molar refractivity (Wildman–Crippen MR) is 39.1 cm³/mol. The summed E-state index contributed by atoms with van der Waals surface area (Å²) in [5, 5.41) is 9.39. The molecule has 0 aliphatic rings. The average molecular weight is 129 g/mol. The van der Waals surface area contributed by atoms with Crippen molar-refractivity contribution < 1.29 is 5.11 Å². The van der Waals surface area contributed by atoms with E-state index in [1.807, 2.05) is 6.92 Å². The van der Waals surface area contributed by atoms with E-state index in [-0.39, 0.29) is 6.54 Å². The van der Waals surface area contributed by atoms with Crippen molar-refractivity contribution in [3.63, 3.8) is 0 Å². The largest absolute Gasteiger partial charge is 0.384 e. The zero-order valence-electron chi connectivity index (χ0n) is 5.93. The lowest BCUT2D eigenvalue weighted by molar-refractivity contribution is 0.0900. The van der Waals surface area contributed by atoms with E-state index < -0.39 is 5.60 Å². The standard InChI is InChI=1S/C7H15NO/c1-3-5-7(9,4-2)6-8/h4,9H,2-3,5-6,8H2,1H3. The molecule has 2 nitrogen and oxygen atoms in total. The quantitative estimate of drug-likeness (QED) is 0.548. The van der Waals surface area contributed by atoms with E-state index in [2.05, 4.69) is 6.58 Å². The Kier molecular flexibility index (Phi) is 3.50. The number of rotatable bonds is 4. The molecular weight excluding hydrogens is 114 g/mol. The third-order valence-electron chi connectivity index (χ3n) is 1.42. The molecule has 0 spiro atoms. The van der Waals surface area contributed by atoms with E-state index in [1.165, 1.54) is 6.08 Å². The summed E-state index contributed by atoms with van der Waals surface area (Å²) in [5.74, 6) is 0. The molecule has 0 saturated carbocycles. The van der Waals surface area contributed by atoms with Crippen molar-refractivity contribution in [3.05, 3.63) is 12.7 Å². The molecular formula is C7H15NO. The molecule has 0 bridgehead atoms. The van der Waals surface area contributed by atoms with Gasteiger partial charge in [0.05, 0.1) is 5.60 Å². The highest BCUT2D eigenvalue weighted by molar-refractivity contribution is 4.95. The monoisotopic (exact) mass is 129 g/mol. The Morgan fingerprint density at radius 2 is 2.33 bits per heavy atom. The molecule has 0 aromatic rings. The lowest BCUT2D eigenvalue weighted by Crippen LogP contribution is -2.34. The maximum absolute atomic E-state index is 9.39. The van der Waals surface area contributed by atoms with E-state index in [0.29, 0.717) is 6.42 Å². The molecule has 0 radical (unpaired) electrons. The number of hydrogen-bond donors (Lipinski definition) is 2. The van der Waals surface area contributed by atoms with Crippen LogP contribution >= 0.6 is 0 Å². The van der Waals surface area contributed by atoms with E-state index in [9.17, 15) is 5.11 Å². The van der Waals surface area contributed by atoms with Crippen molar-refractivity contribution in [2.75, 3.05) is 6.54 Å². The van der Waals surface area contributed by atoms with Crippen LogP contribution in [0.2, 0.25) is 0 Å². The lowest BCUT2D eigenvalue weighted by Gasteiger charge is -2.20. The molecule has 0 aromatic carbocycles. The highest BCUT2D eigenvalue weighted by Crippen LogP contribution is 2.10. The number of nitrogens with two attached hydrogens (primary N) is 1. The van der Waals surface area contributed by atoms with Crippen LogP contribution in [0, 0.1) is 0 Å². The minimum Gasteiger partial charge on any atom is -0.384 e. The minimum absolute atomic E-state index is 0.268. The van der Waals surface area contributed by atoms with Gasteiger partial charge in [0, 0.05) is 6.54 Å². The Morgan fingerprint density at radius 3 is 2.44 bits per heavy atom. The van der Waals surface area contributed by atoms with Gasteiger partial charge in [-0.3, -0.25) is 0 Å². The molecule has 1 unspecified atom stereocenters. The molecule has 0 aromatic heterocycles. The van der Waals surface area contributed by atoms with Gasteiger partial charge in [-0.25, -0.2) is 0 Å². The number of hydrogen-bond acceptors (Lipinski definition) is 2. The first-order valence-electron chi connectivity index (χ1n) is 3.24. The van der Waals surface area contributed by atoms with E-state index in [0.717, 1.165) is 6.42 Å². The van der Waals surface area contributed by atoms with Crippen LogP contribution in [-0.2, 0) is 0 Å². The third kappa shape index (κ3) is 2.63. The summed E-state index contributed by atoms with van der Waals surface area (Å²) in [6.07, 6.45) is 3.14. The van der Waals surface area contributed by atoms with Gasteiger partial charge in [-0.1, -0.05) is 19.4 Å². The van der Waals surface area contributed by atoms with E-state index in [1.54, 1.807) is 0 Å². The lowest BCUT2D eigenvalue weighted by atomic mass is 9.99. The zero-order valence-corrected chi connectivity index (χ0v) is 5.93. The van der Waals surface area contributed by atoms with Crippen LogP contribution < -0.4 is 5.73 Å². The smallest absolute Gasteiger partial charge is 0.0946 e. The Labute approximate surface area is 56.4 Å². The molecule has 0 heterocycles. The van der Waals surface area contributed by atoms with Crippen LogP contribution in [0.1, 0.15) is 19.8 Å². The Bertz CT molecular complexity index is 92.9. The molecule has 0 rings (SSSR count). The SMILES string of the molecule is C=CC(O)(CN)CCC. The van der Waals surface area contributed by atoms with Crippen LogP contribution in [0.4, 0.5) is 0 Å². The zero-order chi connectivity index (χ0) is 7.33. The average Bonchev–Trinajstić information content (AvgIpc) is 1.89.